The van der Waals surface area contributed by atoms with Crippen LogP contribution in [0.1, 0.15) is 24.0 Å². The molecule has 0 amide bonds. The maximum absolute atomic E-state index is 6.12. The van der Waals surface area contributed by atoms with Crippen molar-refractivity contribution >= 4 is 10.9 Å². The van der Waals surface area contributed by atoms with Gasteiger partial charge in [0.25, 0.3) is 0 Å². The molecule has 4 rings (SSSR count). The standard InChI is InChI=1S/C19H17NO/c1-2-6-15-13-16(10-9-14(15)5-1)21-19-11-12-20-18-8-4-3-7-17(18)19/h3-4,7-13H,1-2,5-6H2. The highest BCUT2D eigenvalue weighted by Crippen LogP contribution is 2.31. The minimum Gasteiger partial charge on any atom is -0.457 e. The summed E-state index contributed by atoms with van der Waals surface area (Å²) >= 11 is 0. The Kier molecular flexibility index (Phi) is 3.07. The maximum Gasteiger partial charge on any atom is 0.138 e. The lowest BCUT2D eigenvalue weighted by Gasteiger charge is -2.17. The zero-order valence-electron chi connectivity index (χ0n) is 11.9. The van der Waals surface area contributed by atoms with Gasteiger partial charge in [0.2, 0.25) is 0 Å². The molecule has 2 aromatic carbocycles. The predicted molar refractivity (Wildman–Crippen MR) is 84.9 cm³/mol. The molecule has 0 spiro atoms. The Morgan fingerprint density at radius 2 is 1.71 bits per heavy atom. The molecule has 0 atom stereocenters. The van der Waals surface area contributed by atoms with Gasteiger partial charge < -0.3 is 4.74 Å². The van der Waals surface area contributed by atoms with E-state index in [2.05, 4.69) is 29.2 Å². The van der Waals surface area contributed by atoms with Gasteiger partial charge in [-0.3, -0.25) is 4.98 Å². The molecule has 1 aromatic heterocycles. The second kappa shape index (κ2) is 5.21. The van der Waals surface area contributed by atoms with Crippen LogP contribution < -0.4 is 4.74 Å². The summed E-state index contributed by atoms with van der Waals surface area (Å²) in [5, 5.41) is 1.05. The zero-order valence-corrected chi connectivity index (χ0v) is 11.9. The maximum atomic E-state index is 6.12. The number of hydrogen-bond acceptors (Lipinski definition) is 2. The topological polar surface area (TPSA) is 22.1 Å². The average Bonchev–Trinajstić information content (AvgIpc) is 2.55. The van der Waals surface area contributed by atoms with Crippen molar-refractivity contribution in [3.63, 3.8) is 0 Å². The van der Waals surface area contributed by atoms with Gasteiger partial charge in [-0.05, 0) is 67.1 Å². The van der Waals surface area contributed by atoms with Crippen molar-refractivity contribution < 1.29 is 4.74 Å². The number of nitrogens with zero attached hydrogens (tertiary/aromatic N) is 1. The second-order valence-corrected chi connectivity index (χ2v) is 5.57. The van der Waals surface area contributed by atoms with Crippen LogP contribution in [-0.4, -0.2) is 4.98 Å². The van der Waals surface area contributed by atoms with Crippen molar-refractivity contribution in [1.82, 2.24) is 4.98 Å². The number of aromatic nitrogens is 1. The molecule has 21 heavy (non-hydrogen) atoms. The molecule has 2 nitrogen and oxygen atoms in total. The Hall–Kier alpha value is -2.35. The summed E-state index contributed by atoms with van der Waals surface area (Å²) in [5.74, 6) is 1.79. The molecule has 0 N–H and O–H groups in total. The third-order valence-corrected chi connectivity index (χ3v) is 4.16. The Morgan fingerprint density at radius 3 is 2.67 bits per heavy atom. The van der Waals surface area contributed by atoms with E-state index in [1.807, 2.05) is 24.3 Å². The van der Waals surface area contributed by atoms with Crippen LogP contribution in [0.4, 0.5) is 0 Å². The molecule has 104 valence electrons. The first-order chi connectivity index (χ1) is 10.4. The Bertz CT molecular complexity index is 789. The number of pyridine rings is 1. The molecule has 1 aliphatic carbocycles. The second-order valence-electron chi connectivity index (χ2n) is 5.57. The number of ether oxygens (including phenoxy) is 1. The Labute approximate surface area is 124 Å². The van der Waals surface area contributed by atoms with Crippen LogP contribution in [-0.2, 0) is 12.8 Å². The molecule has 0 saturated carbocycles. The molecule has 0 saturated heterocycles. The van der Waals surface area contributed by atoms with Gasteiger partial charge in [-0.15, -0.1) is 0 Å². The van der Waals surface area contributed by atoms with Crippen LogP contribution in [0.15, 0.2) is 54.7 Å². The first-order valence-corrected chi connectivity index (χ1v) is 7.53. The minimum atomic E-state index is 0.872. The number of hydrogen-bond donors (Lipinski definition) is 0. The number of fused-ring (bicyclic) bond motifs is 2. The summed E-state index contributed by atoms with van der Waals surface area (Å²) < 4.78 is 6.12. The van der Waals surface area contributed by atoms with Gasteiger partial charge in [0.1, 0.15) is 11.5 Å². The number of para-hydroxylation sites is 1. The van der Waals surface area contributed by atoms with Gasteiger partial charge >= 0.3 is 0 Å². The van der Waals surface area contributed by atoms with E-state index >= 15 is 0 Å². The molecule has 0 bridgehead atoms. The first-order valence-electron chi connectivity index (χ1n) is 7.53. The van der Waals surface area contributed by atoms with Gasteiger partial charge in [-0.25, -0.2) is 0 Å². The van der Waals surface area contributed by atoms with E-state index in [9.17, 15) is 0 Å². The highest BCUT2D eigenvalue weighted by Gasteiger charge is 2.11. The van der Waals surface area contributed by atoms with Crippen molar-refractivity contribution in [1.29, 1.82) is 0 Å². The predicted octanol–water partition coefficient (Wildman–Crippen LogP) is 4.91. The summed E-state index contributed by atoms with van der Waals surface area (Å²) in [5.41, 5.74) is 3.89. The fraction of sp³-hybridized carbons (Fsp3) is 0.211. The van der Waals surface area contributed by atoms with Crippen LogP contribution in [0, 0.1) is 0 Å². The average molecular weight is 275 g/mol. The summed E-state index contributed by atoms with van der Waals surface area (Å²) in [6.07, 6.45) is 6.77. The quantitative estimate of drug-likeness (QED) is 0.663. The molecule has 2 heteroatoms. The van der Waals surface area contributed by atoms with E-state index < -0.39 is 0 Å². The zero-order chi connectivity index (χ0) is 14.1. The van der Waals surface area contributed by atoms with E-state index in [1.165, 1.54) is 36.8 Å². The summed E-state index contributed by atoms with van der Waals surface area (Å²) in [4.78, 5) is 4.37. The summed E-state index contributed by atoms with van der Waals surface area (Å²) in [6.45, 7) is 0. The monoisotopic (exact) mass is 275 g/mol. The van der Waals surface area contributed by atoms with Gasteiger partial charge in [0.05, 0.1) is 5.52 Å². The van der Waals surface area contributed by atoms with Gasteiger partial charge in [0.15, 0.2) is 0 Å². The van der Waals surface area contributed by atoms with E-state index in [-0.39, 0.29) is 0 Å². The highest BCUT2D eigenvalue weighted by molar-refractivity contribution is 5.84. The van der Waals surface area contributed by atoms with Gasteiger partial charge in [0, 0.05) is 11.6 Å². The van der Waals surface area contributed by atoms with E-state index in [0.717, 1.165) is 22.4 Å². The molecule has 1 aliphatic rings. The third kappa shape index (κ3) is 2.38. The molecule has 0 fully saturated rings. The van der Waals surface area contributed by atoms with Crippen molar-refractivity contribution in [2.45, 2.75) is 25.7 Å². The van der Waals surface area contributed by atoms with Crippen LogP contribution in [0.3, 0.4) is 0 Å². The Balaban J connectivity index is 1.71. The number of aryl methyl sites for hydroxylation is 2. The lowest BCUT2D eigenvalue weighted by atomic mass is 9.92. The van der Waals surface area contributed by atoms with Crippen LogP contribution >= 0.6 is 0 Å². The SMILES string of the molecule is c1ccc2c(Oc3ccc4c(c3)CCCC4)ccnc2c1. The van der Waals surface area contributed by atoms with Gasteiger partial charge in [-0.1, -0.05) is 18.2 Å². The molecular weight excluding hydrogens is 258 g/mol. The first kappa shape index (κ1) is 12.4. The van der Waals surface area contributed by atoms with E-state index in [1.54, 1.807) is 6.20 Å². The van der Waals surface area contributed by atoms with Crippen LogP contribution in [0.5, 0.6) is 11.5 Å². The molecule has 0 radical (unpaired) electrons. The lowest BCUT2D eigenvalue weighted by molar-refractivity contribution is 0.486. The largest absolute Gasteiger partial charge is 0.457 e. The molecule has 1 heterocycles. The molecular formula is C19H17NO. The molecule has 0 unspecified atom stereocenters. The third-order valence-electron chi connectivity index (χ3n) is 4.16. The normalized spacial score (nSPS) is 13.9. The lowest BCUT2D eigenvalue weighted by Crippen LogP contribution is -2.02. The van der Waals surface area contributed by atoms with Crippen LogP contribution in [0.25, 0.3) is 10.9 Å². The fourth-order valence-corrected chi connectivity index (χ4v) is 3.06. The van der Waals surface area contributed by atoms with E-state index in [0.29, 0.717) is 0 Å². The van der Waals surface area contributed by atoms with E-state index in [4.69, 9.17) is 4.74 Å². The fourth-order valence-electron chi connectivity index (χ4n) is 3.06. The molecule has 3 aromatic rings. The Morgan fingerprint density at radius 1 is 0.857 bits per heavy atom. The summed E-state index contributed by atoms with van der Waals surface area (Å²) in [7, 11) is 0. The summed E-state index contributed by atoms with van der Waals surface area (Å²) in [6, 6.07) is 16.5. The van der Waals surface area contributed by atoms with Crippen molar-refractivity contribution in [3.8, 4) is 11.5 Å². The number of benzene rings is 2. The van der Waals surface area contributed by atoms with Gasteiger partial charge in [-0.2, -0.15) is 0 Å². The van der Waals surface area contributed by atoms with Crippen molar-refractivity contribution in [2.75, 3.05) is 0 Å². The minimum absolute atomic E-state index is 0.872. The van der Waals surface area contributed by atoms with Crippen LogP contribution in [0.2, 0.25) is 0 Å². The van der Waals surface area contributed by atoms with Crippen molar-refractivity contribution in [3.05, 3.63) is 65.9 Å². The smallest absolute Gasteiger partial charge is 0.138 e. The molecule has 0 aliphatic heterocycles. The number of rotatable bonds is 2. The van der Waals surface area contributed by atoms with Crippen molar-refractivity contribution in [2.24, 2.45) is 0 Å². The highest BCUT2D eigenvalue weighted by atomic mass is 16.5.